The molecule has 0 radical (unpaired) electrons. The largest absolute Gasteiger partial charge is 0.509 e. The van der Waals surface area contributed by atoms with Gasteiger partial charge in [0, 0.05) is 6.20 Å². The van der Waals surface area contributed by atoms with Gasteiger partial charge in [-0.3, -0.25) is 13.9 Å². The number of nitrogens with zero attached hydrogens (tertiary/aromatic N) is 2. The second-order valence-corrected chi connectivity index (χ2v) is 12.5. The van der Waals surface area contributed by atoms with Crippen LogP contribution in [-0.2, 0) is 32.8 Å². The molecule has 0 bridgehead atoms. The molecule has 1 fully saturated rings. The third kappa shape index (κ3) is 9.20. The molecule has 17 heteroatoms. The Kier molecular flexibility index (Phi) is 10.5. The fraction of sp³-hybridized carbons (Fsp3) is 0.538. The van der Waals surface area contributed by atoms with Crippen LogP contribution in [0.15, 0.2) is 47.4 Å². The number of hydrogen-bond acceptors (Lipinski definition) is 12. The van der Waals surface area contributed by atoms with E-state index < -0.39 is 74.3 Å². The van der Waals surface area contributed by atoms with Crippen LogP contribution in [0.1, 0.15) is 47.8 Å². The number of para-hydroxylation sites is 1. The van der Waals surface area contributed by atoms with E-state index in [0.717, 1.165) is 12.3 Å². The van der Waals surface area contributed by atoms with E-state index in [4.69, 9.17) is 33.7 Å². The number of carbonyl (C=O) groups is 2. The number of nitrogens with one attached hydrogen (secondary N) is 1. The van der Waals surface area contributed by atoms with Gasteiger partial charge in [0.1, 0.15) is 29.3 Å². The van der Waals surface area contributed by atoms with Crippen LogP contribution in [0.2, 0.25) is 0 Å². The van der Waals surface area contributed by atoms with Gasteiger partial charge in [-0.2, -0.15) is 18.9 Å². The third-order valence-corrected chi connectivity index (χ3v) is 7.15. The first-order valence-electron chi connectivity index (χ1n) is 13.2. The summed E-state index contributed by atoms with van der Waals surface area (Å²) in [6.07, 6.45) is -7.58. The van der Waals surface area contributed by atoms with E-state index in [1.54, 1.807) is 32.0 Å². The first-order chi connectivity index (χ1) is 19.9. The lowest BCUT2D eigenvalue weighted by atomic mass is 10.1. The zero-order valence-corrected chi connectivity index (χ0v) is 25.3. The Morgan fingerprint density at radius 2 is 1.84 bits per heavy atom. The molecule has 1 saturated heterocycles. The molecule has 1 aromatic heterocycles. The molecule has 0 spiro atoms. The minimum absolute atomic E-state index is 0.0550. The fourth-order valence-electron chi connectivity index (χ4n) is 3.74. The molecule has 43 heavy (non-hydrogen) atoms. The van der Waals surface area contributed by atoms with E-state index in [2.05, 4.69) is 10.1 Å². The Balaban J connectivity index is 1.93. The highest BCUT2D eigenvalue weighted by Crippen LogP contribution is 2.49. The summed E-state index contributed by atoms with van der Waals surface area (Å²) >= 11 is 0. The minimum Gasteiger partial charge on any atom is -0.462 e. The van der Waals surface area contributed by atoms with E-state index in [1.807, 2.05) is 0 Å². The van der Waals surface area contributed by atoms with Crippen molar-refractivity contribution in [3.63, 3.8) is 0 Å². The first-order valence-corrected chi connectivity index (χ1v) is 14.7. The van der Waals surface area contributed by atoms with Gasteiger partial charge in [0.05, 0.1) is 12.7 Å². The molecular weight excluding hydrogens is 597 g/mol. The number of halogens is 2. The topological polar surface area (TPSA) is 180 Å². The highest BCUT2D eigenvalue weighted by Gasteiger charge is 2.63. The molecule has 2 aromatic rings. The lowest BCUT2D eigenvalue weighted by Gasteiger charge is -2.27. The summed E-state index contributed by atoms with van der Waals surface area (Å²) in [4.78, 5) is 40.7. The second-order valence-electron chi connectivity index (χ2n) is 10.8. The molecule has 14 nitrogen and oxygen atoms in total. The summed E-state index contributed by atoms with van der Waals surface area (Å²) in [6.45, 7) is 8.11. The molecule has 2 heterocycles. The van der Waals surface area contributed by atoms with Crippen molar-refractivity contribution in [2.45, 2.75) is 83.6 Å². The minimum atomic E-state index is -4.54. The van der Waals surface area contributed by atoms with Crippen molar-refractivity contribution < 1.29 is 50.9 Å². The molecule has 3 rings (SSSR count). The zero-order chi connectivity index (χ0) is 32.2. The van der Waals surface area contributed by atoms with Crippen LogP contribution in [0.3, 0.4) is 0 Å². The Labute approximate surface area is 246 Å². The number of rotatable bonds is 11. The lowest BCUT2D eigenvalue weighted by molar-refractivity contribution is -0.149. The highest BCUT2D eigenvalue weighted by atomic mass is 31.2. The van der Waals surface area contributed by atoms with Crippen LogP contribution in [0.25, 0.3) is 0 Å². The standard InChI is InChI=1S/C26H35F2N4O10P/c1-15(2)38-21(33)16(3)31-43(36,42-17-10-8-7-9-11-17)37-14-18-20(40-24(35)41-25(4,5)6)26(27,28)22(39-18)32-13-12-19(29)30-23(32)34/h7-13,15-16,18,20,22H,14H2,1-6H3,(H,31,36)(H2,29,30,34)/t16-,18+,20+,22+,43?/m0/s1. The number of carbonyl (C=O) groups excluding carboxylic acids is 2. The molecule has 0 aliphatic carbocycles. The second kappa shape index (κ2) is 13.4. The summed E-state index contributed by atoms with van der Waals surface area (Å²) in [5, 5.41) is 2.42. The molecule has 0 amide bonds. The van der Waals surface area contributed by atoms with E-state index in [0.29, 0.717) is 4.57 Å². The SMILES string of the molecule is CC(C)OC(=O)[C@H](C)NP(=O)(OC[C@H]1O[C@@H](n2ccc(N)nc2=O)C(F)(F)[C@@H]1OC(=O)OC(C)(C)C)Oc1ccccc1. The van der Waals surface area contributed by atoms with Crippen LogP contribution in [0.4, 0.5) is 19.4 Å². The van der Waals surface area contributed by atoms with Gasteiger partial charge in [-0.05, 0) is 59.7 Å². The van der Waals surface area contributed by atoms with Gasteiger partial charge in [-0.1, -0.05) is 18.2 Å². The molecule has 3 N–H and O–H groups in total. The van der Waals surface area contributed by atoms with Gasteiger partial charge < -0.3 is 29.2 Å². The van der Waals surface area contributed by atoms with Gasteiger partial charge in [0.15, 0.2) is 0 Å². The molecule has 0 saturated carbocycles. The first kappa shape index (κ1) is 33.9. The Morgan fingerprint density at radius 3 is 2.42 bits per heavy atom. The zero-order valence-electron chi connectivity index (χ0n) is 24.4. The number of aromatic nitrogens is 2. The highest BCUT2D eigenvalue weighted by molar-refractivity contribution is 7.52. The summed E-state index contributed by atoms with van der Waals surface area (Å²) in [5.74, 6) is -5.02. The van der Waals surface area contributed by atoms with Gasteiger partial charge in [-0.25, -0.2) is 14.2 Å². The quantitative estimate of drug-likeness (QED) is 0.270. The third-order valence-electron chi connectivity index (χ3n) is 5.50. The number of nitrogen functional groups attached to an aromatic ring is 1. The molecule has 238 valence electrons. The number of anilines is 1. The summed E-state index contributed by atoms with van der Waals surface area (Å²) < 4.78 is 77.4. The molecule has 1 aliphatic heterocycles. The number of benzene rings is 1. The van der Waals surface area contributed by atoms with E-state index >= 15 is 8.78 Å². The predicted molar refractivity (Wildman–Crippen MR) is 147 cm³/mol. The van der Waals surface area contributed by atoms with Crippen LogP contribution < -0.4 is 21.0 Å². The number of alkyl halides is 2. The monoisotopic (exact) mass is 632 g/mol. The maximum atomic E-state index is 15.8. The number of ether oxygens (including phenoxy) is 4. The molecular formula is C26H35F2N4O10P. The van der Waals surface area contributed by atoms with Crippen molar-refractivity contribution in [1.29, 1.82) is 0 Å². The number of esters is 1. The van der Waals surface area contributed by atoms with Crippen molar-refractivity contribution in [2.75, 3.05) is 12.3 Å². The Morgan fingerprint density at radius 1 is 1.19 bits per heavy atom. The maximum Gasteiger partial charge on any atom is 0.509 e. The molecule has 1 aromatic carbocycles. The van der Waals surface area contributed by atoms with E-state index in [1.165, 1.54) is 39.8 Å². The van der Waals surface area contributed by atoms with Crippen LogP contribution in [-0.4, -0.2) is 64.2 Å². The molecule has 1 unspecified atom stereocenters. The molecule has 5 atom stereocenters. The van der Waals surface area contributed by atoms with Crippen molar-refractivity contribution in [2.24, 2.45) is 0 Å². The van der Waals surface area contributed by atoms with Crippen molar-refractivity contribution in [3.8, 4) is 5.75 Å². The predicted octanol–water partition coefficient (Wildman–Crippen LogP) is 3.81. The van der Waals surface area contributed by atoms with Gasteiger partial charge in [-0.15, -0.1) is 0 Å². The summed E-state index contributed by atoms with van der Waals surface area (Å²) in [7, 11) is -4.54. The lowest BCUT2D eigenvalue weighted by Crippen LogP contribution is -2.45. The van der Waals surface area contributed by atoms with Crippen molar-refractivity contribution >= 4 is 25.7 Å². The average molecular weight is 633 g/mol. The van der Waals surface area contributed by atoms with E-state index in [-0.39, 0.29) is 11.6 Å². The van der Waals surface area contributed by atoms with Gasteiger partial charge >= 0.3 is 31.5 Å². The van der Waals surface area contributed by atoms with Crippen LogP contribution in [0.5, 0.6) is 5.75 Å². The fourth-order valence-corrected chi connectivity index (χ4v) is 5.24. The molecule has 1 aliphatic rings. The van der Waals surface area contributed by atoms with Crippen molar-refractivity contribution in [1.82, 2.24) is 14.6 Å². The van der Waals surface area contributed by atoms with Crippen molar-refractivity contribution in [3.05, 3.63) is 53.1 Å². The average Bonchev–Trinajstić information content (AvgIpc) is 3.11. The Bertz CT molecular complexity index is 1390. The Hall–Kier alpha value is -3.59. The smallest absolute Gasteiger partial charge is 0.462 e. The summed E-state index contributed by atoms with van der Waals surface area (Å²) in [6, 6.07) is 7.56. The maximum absolute atomic E-state index is 15.8. The number of hydrogen-bond donors (Lipinski definition) is 2. The van der Waals surface area contributed by atoms with Crippen LogP contribution >= 0.6 is 7.75 Å². The number of nitrogens with two attached hydrogens (primary N) is 1. The van der Waals surface area contributed by atoms with Crippen LogP contribution in [0, 0.1) is 0 Å². The van der Waals surface area contributed by atoms with E-state index in [9.17, 15) is 18.9 Å². The normalized spacial score (nSPS) is 21.9. The van der Waals surface area contributed by atoms with Gasteiger partial charge in [0.25, 0.3) is 0 Å². The summed E-state index contributed by atoms with van der Waals surface area (Å²) in [5.41, 5.74) is 3.21. The van der Waals surface area contributed by atoms with Gasteiger partial charge in [0.2, 0.25) is 12.3 Å².